The standard InChI is InChI=1S/C10Cl21O/c11-2(12,1(7(21,22)23,8(24,25)26)9(27,28)29)3(13,14)4(15,16)5(17,18)6(19,20)10(30,31)32. The number of rotatable bonds is 6. The molecule has 0 aromatic carbocycles. The Morgan fingerprint density at radius 3 is 0.656 bits per heavy atom. The van der Waals surface area contributed by atoms with E-state index in [9.17, 15) is 5.11 Å². The van der Waals surface area contributed by atoms with Gasteiger partial charge in [-0.05, 0) is 0 Å². The highest BCUT2D eigenvalue weighted by Crippen LogP contribution is 2.79. The summed E-state index contributed by atoms with van der Waals surface area (Å²) >= 11 is 126. The van der Waals surface area contributed by atoms with Gasteiger partial charge in [-0.1, -0.05) is 244 Å². The molecule has 0 fully saturated rings. The highest BCUT2D eigenvalue weighted by Gasteiger charge is 2.88. The third-order valence-electron chi connectivity index (χ3n) is 3.69. The van der Waals surface area contributed by atoms with E-state index < -0.39 is 43.0 Å². The van der Waals surface area contributed by atoms with Gasteiger partial charge in [0.1, 0.15) is 5.41 Å². The van der Waals surface area contributed by atoms with E-state index in [4.69, 9.17) is 244 Å². The van der Waals surface area contributed by atoms with Crippen molar-refractivity contribution in [2.24, 2.45) is 5.41 Å². The molecule has 0 aliphatic rings. The second kappa shape index (κ2) is 11.0. The van der Waals surface area contributed by atoms with Crippen LogP contribution in [0.15, 0.2) is 0 Å². The van der Waals surface area contributed by atoms with Gasteiger partial charge in [-0.25, -0.2) is 0 Å². The van der Waals surface area contributed by atoms with Crippen molar-refractivity contribution in [3.63, 3.8) is 0 Å². The smallest absolute Gasteiger partial charge is 0.190 e. The normalized spacial score (nSPS) is 17.1. The van der Waals surface area contributed by atoms with Crippen molar-refractivity contribution in [1.82, 2.24) is 0 Å². The zero-order valence-electron chi connectivity index (χ0n) is 13.3. The molecular weight excluding hydrogens is 881 g/mol. The average molecular weight is 881 g/mol. The van der Waals surface area contributed by atoms with Gasteiger partial charge in [0.05, 0.1) is 0 Å². The molecule has 0 saturated carbocycles. The summed E-state index contributed by atoms with van der Waals surface area (Å²) in [6.45, 7) is 0. The van der Waals surface area contributed by atoms with Crippen LogP contribution in [0.4, 0.5) is 0 Å². The lowest BCUT2D eigenvalue weighted by Gasteiger charge is -2.60. The summed E-state index contributed by atoms with van der Waals surface area (Å²) in [5.41, 5.74) is -3.29. The Morgan fingerprint density at radius 1 is 0.281 bits per heavy atom. The minimum Gasteiger partial charge on any atom is -0.190 e. The Labute approximate surface area is 287 Å². The second-order valence-electron chi connectivity index (χ2n) is 5.63. The van der Waals surface area contributed by atoms with Crippen molar-refractivity contribution in [2.75, 3.05) is 0 Å². The van der Waals surface area contributed by atoms with Crippen LogP contribution in [0.3, 0.4) is 0 Å². The molecule has 0 unspecified atom stereocenters. The predicted molar refractivity (Wildman–Crippen MR) is 151 cm³/mol. The van der Waals surface area contributed by atoms with E-state index in [-0.39, 0.29) is 0 Å². The van der Waals surface area contributed by atoms with Gasteiger partial charge in [-0.15, -0.1) is 0 Å². The zero-order valence-corrected chi connectivity index (χ0v) is 29.2. The van der Waals surface area contributed by atoms with Crippen LogP contribution in [0.25, 0.3) is 0 Å². The molecule has 1 nitrogen and oxygen atoms in total. The first-order valence-corrected chi connectivity index (χ1v) is 14.4. The molecule has 0 aromatic rings. The number of halogens is 21. The molecule has 0 saturated heterocycles. The number of hydrogen-bond donors (Lipinski definition) is 0. The maximum Gasteiger partial charge on any atom is 0.286 e. The molecule has 0 amide bonds. The summed E-state index contributed by atoms with van der Waals surface area (Å²) in [7, 11) is 0. The fourth-order valence-corrected chi connectivity index (χ4v) is 12.2. The largest absolute Gasteiger partial charge is 0.286 e. The quantitative estimate of drug-likeness (QED) is 0.237. The minimum absolute atomic E-state index is 3.06. The molecule has 0 rings (SSSR count). The number of hydrogen-bond acceptors (Lipinski definition) is 0. The Balaban J connectivity index is 7.57. The maximum atomic E-state index is 12.1. The average Bonchev–Trinajstić information content (AvgIpc) is 2.39. The van der Waals surface area contributed by atoms with Crippen molar-refractivity contribution >= 4 is 244 Å². The van der Waals surface area contributed by atoms with Crippen molar-refractivity contribution in [1.29, 1.82) is 0 Å². The Kier molecular flexibility index (Phi) is 13.1. The molecule has 0 N–H and O–H groups in total. The molecule has 22 heteroatoms. The first-order chi connectivity index (χ1) is 13.2. The van der Waals surface area contributed by atoms with E-state index in [1.807, 2.05) is 0 Å². The minimum atomic E-state index is -3.43. The Morgan fingerprint density at radius 2 is 0.469 bits per heavy atom. The molecule has 0 bridgehead atoms. The molecule has 0 aliphatic carbocycles. The van der Waals surface area contributed by atoms with Gasteiger partial charge in [-0.2, -0.15) is 5.11 Å². The van der Waals surface area contributed by atoms with Crippen molar-refractivity contribution < 1.29 is 5.11 Å². The molecule has 0 spiro atoms. The summed E-state index contributed by atoms with van der Waals surface area (Å²) in [6, 6.07) is 0. The van der Waals surface area contributed by atoms with Crippen LogP contribution in [0.5, 0.6) is 0 Å². The topological polar surface area (TPSA) is 19.9 Å². The van der Waals surface area contributed by atoms with Gasteiger partial charge in [0, 0.05) is 0 Å². The van der Waals surface area contributed by atoms with Crippen molar-refractivity contribution in [3.8, 4) is 0 Å². The second-order valence-corrected chi connectivity index (χ2v) is 20.4. The fraction of sp³-hybridized carbons (Fsp3) is 1.00. The van der Waals surface area contributed by atoms with Gasteiger partial charge in [-0.3, -0.25) is 0 Å². The van der Waals surface area contributed by atoms with E-state index in [0.717, 1.165) is 0 Å². The first-order valence-electron chi connectivity index (χ1n) is 6.42. The Bertz CT molecular complexity index is 647. The summed E-state index contributed by atoms with van der Waals surface area (Å²) in [5.74, 6) is 0. The zero-order chi connectivity index (χ0) is 27.0. The van der Waals surface area contributed by atoms with Crippen LogP contribution in [0.2, 0.25) is 0 Å². The van der Waals surface area contributed by atoms with Crippen LogP contribution in [-0.4, -0.2) is 37.6 Å². The van der Waals surface area contributed by atoms with Crippen molar-refractivity contribution in [3.05, 3.63) is 0 Å². The van der Waals surface area contributed by atoms with E-state index in [2.05, 4.69) is 0 Å². The highest BCUT2D eigenvalue weighted by molar-refractivity contribution is 6.82. The van der Waals surface area contributed by atoms with Gasteiger partial charge in [0.2, 0.25) is 15.7 Å². The molecule has 193 valence electrons. The molecule has 0 aromatic heterocycles. The summed E-state index contributed by atoms with van der Waals surface area (Å²) in [4.78, 5) is 0. The molecule has 0 atom stereocenters. The van der Waals surface area contributed by atoms with Gasteiger partial charge < -0.3 is 0 Å². The fourth-order valence-electron chi connectivity index (χ4n) is 2.03. The lowest BCUT2D eigenvalue weighted by Crippen LogP contribution is -2.75. The molecule has 1 radical (unpaired) electrons. The first kappa shape index (κ1) is 38.0. The van der Waals surface area contributed by atoms with E-state index >= 15 is 0 Å². The summed E-state index contributed by atoms with van der Waals surface area (Å²) in [6.07, 6.45) is 0. The van der Waals surface area contributed by atoms with Gasteiger partial charge in [0.25, 0.3) is 4.52 Å². The summed E-state index contributed by atoms with van der Waals surface area (Å²) < 4.78 is -29.3. The predicted octanol–water partition coefficient (Wildman–Crippen LogP) is 12.5. The third-order valence-corrected chi connectivity index (χ3v) is 14.4. The van der Waals surface area contributed by atoms with E-state index in [1.165, 1.54) is 0 Å². The molecule has 0 aliphatic heterocycles. The van der Waals surface area contributed by atoms with Gasteiger partial charge >= 0.3 is 0 Å². The van der Waals surface area contributed by atoms with Gasteiger partial charge in [0.15, 0.2) is 17.3 Å². The monoisotopic (exact) mass is 870 g/mol. The molecule has 32 heavy (non-hydrogen) atoms. The molecular formula is C10Cl21O. The third kappa shape index (κ3) is 5.84. The SMILES string of the molecule is [O]C(Cl)(Cl)C(Cl)(Cl)C(Cl)(Cl)C(Cl)(Cl)C(Cl)(Cl)C(Cl)(Cl)C(C(Cl)(Cl)Cl)(C(Cl)(Cl)Cl)C(Cl)(Cl)Cl. The van der Waals surface area contributed by atoms with Crippen LogP contribution in [0, 0.1) is 5.41 Å². The highest BCUT2D eigenvalue weighted by atomic mass is 35.6. The van der Waals surface area contributed by atoms with E-state index in [0.29, 0.717) is 0 Å². The van der Waals surface area contributed by atoms with Crippen LogP contribution >= 0.6 is 244 Å². The number of alkyl halides is 21. The van der Waals surface area contributed by atoms with Crippen molar-refractivity contribution in [2.45, 2.75) is 37.6 Å². The lowest BCUT2D eigenvalue weighted by atomic mass is 9.83. The summed E-state index contributed by atoms with van der Waals surface area (Å²) in [5, 5.41) is 12.1. The van der Waals surface area contributed by atoms with Crippen LogP contribution in [-0.2, 0) is 5.11 Å². The van der Waals surface area contributed by atoms with Crippen LogP contribution < -0.4 is 0 Å². The molecule has 0 heterocycles. The van der Waals surface area contributed by atoms with Crippen LogP contribution in [0.1, 0.15) is 0 Å². The maximum absolute atomic E-state index is 12.1. The van der Waals surface area contributed by atoms with E-state index in [1.54, 1.807) is 0 Å². The Hall–Kier alpha value is 6.05. The lowest BCUT2D eigenvalue weighted by molar-refractivity contribution is 0.0970.